The summed E-state index contributed by atoms with van der Waals surface area (Å²) < 4.78 is 1.77. The minimum Gasteiger partial charge on any atom is -0.245 e. The number of halogens is 2. The summed E-state index contributed by atoms with van der Waals surface area (Å²) in [6.07, 6.45) is 0. The van der Waals surface area contributed by atoms with Gasteiger partial charge in [-0.1, -0.05) is 23.7 Å². The molecule has 2 heterocycles. The Labute approximate surface area is 140 Å². The number of nitrogens with one attached hydrogen (secondary N) is 1. The number of benzene rings is 1. The fourth-order valence-electron chi connectivity index (χ4n) is 2.35. The van der Waals surface area contributed by atoms with Crippen molar-refractivity contribution >= 4 is 35.7 Å². The van der Waals surface area contributed by atoms with Crippen LogP contribution < -0.4 is 5.43 Å². The van der Waals surface area contributed by atoms with Gasteiger partial charge in [0.05, 0.1) is 17.4 Å². The van der Waals surface area contributed by atoms with E-state index in [0.717, 1.165) is 22.7 Å². The van der Waals surface area contributed by atoms with Gasteiger partial charge in [-0.15, -0.1) is 12.4 Å². The van der Waals surface area contributed by atoms with Crippen LogP contribution in [0.15, 0.2) is 40.4 Å². The second kappa shape index (κ2) is 6.50. The third-order valence-electron chi connectivity index (χ3n) is 3.34. The number of aryl methyl sites for hydroxylation is 2. The normalized spacial score (nSPS) is 17.2. The zero-order valence-corrected chi connectivity index (χ0v) is 14.1. The third kappa shape index (κ3) is 3.15. The van der Waals surface area contributed by atoms with E-state index in [2.05, 4.69) is 20.6 Å². The van der Waals surface area contributed by atoms with Crippen LogP contribution in [0.1, 0.15) is 23.9 Å². The maximum absolute atomic E-state index is 5.92. The summed E-state index contributed by atoms with van der Waals surface area (Å²) in [5.74, 6) is 0.644. The van der Waals surface area contributed by atoms with Crippen LogP contribution in [-0.4, -0.2) is 27.5 Å². The maximum Gasteiger partial charge on any atom is 0.240 e. The molecule has 0 bridgehead atoms. The van der Waals surface area contributed by atoms with Gasteiger partial charge in [-0.3, -0.25) is 0 Å². The van der Waals surface area contributed by atoms with E-state index in [0.29, 0.717) is 11.0 Å². The summed E-state index contributed by atoms with van der Waals surface area (Å²) >= 11 is 5.92. The Hall–Kier alpha value is -1.85. The average Bonchev–Trinajstić information content (AvgIpc) is 2.79. The van der Waals surface area contributed by atoms with E-state index in [4.69, 9.17) is 11.6 Å². The lowest BCUT2D eigenvalue weighted by atomic mass is 10.0. The summed E-state index contributed by atoms with van der Waals surface area (Å²) in [6.45, 7) is 5.96. The Morgan fingerprint density at radius 3 is 2.41 bits per heavy atom. The number of hydrogen-bond donors (Lipinski definition) is 1. The first-order chi connectivity index (χ1) is 10.0. The molecule has 7 heteroatoms. The van der Waals surface area contributed by atoms with Crippen LogP contribution in [0.3, 0.4) is 0 Å². The van der Waals surface area contributed by atoms with Gasteiger partial charge in [0, 0.05) is 16.3 Å². The van der Waals surface area contributed by atoms with Gasteiger partial charge in [-0.05, 0) is 39.0 Å². The lowest BCUT2D eigenvalue weighted by Crippen LogP contribution is -2.37. The summed E-state index contributed by atoms with van der Waals surface area (Å²) in [5.41, 5.74) is 6.86. The molecule has 0 amide bonds. The zero-order valence-electron chi connectivity index (χ0n) is 12.5. The number of rotatable bonds is 1. The molecule has 116 valence electrons. The van der Waals surface area contributed by atoms with Gasteiger partial charge >= 0.3 is 0 Å². The van der Waals surface area contributed by atoms with Crippen molar-refractivity contribution in [2.75, 3.05) is 0 Å². The van der Waals surface area contributed by atoms with E-state index < -0.39 is 0 Å². The van der Waals surface area contributed by atoms with E-state index in [1.807, 2.05) is 51.1 Å². The van der Waals surface area contributed by atoms with E-state index in [9.17, 15) is 0 Å². The lowest BCUT2D eigenvalue weighted by Gasteiger charge is -2.19. The minimum absolute atomic E-state index is 0. The van der Waals surface area contributed by atoms with E-state index in [-0.39, 0.29) is 18.4 Å². The molecule has 0 saturated carbocycles. The third-order valence-corrected chi connectivity index (χ3v) is 3.59. The molecule has 22 heavy (non-hydrogen) atoms. The Morgan fingerprint density at radius 2 is 1.86 bits per heavy atom. The van der Waals surface area contributed by atoms with E-state index in [1.165, 1.54) is 0 Å². The van der Waals surface area contributed by atoms with Crippen molar-refractivity contribution in [3.05, 3.63) is 52.3 Å². The number of hydrogen-bond acceptors (Lipinski definition) is 4. The van der Waals surface area contributed by atoms with Crippen LogP contribution in [-0.2, 0) is 0 Å². The topological polar surface area (TPSA) is 54.6 Å². The molecule has 1 unspecified atom stereocenters. The monoisotopic (exact) mass is 337 g/mol. The molecule has 0 fully saturated rings. The van der Waals surface area contributed by atoms with Crippen molar-refractivity contribution in [2.45, 2.75) is 26.8 Å². The fourth-order valence-corrected chi connectivity index (χ4v) is 2.47. The molecular formula is C15H17Cl2N5. The molecule has 0 aliphatic carbocycles. The molecule has 1 aromatic carbocycles. The lowest BCUT2D eigenvalue weighted by molar-refractivity contribution is 0.768. The van der Waals surface area contributed by atoms with Crippen molar-refractivity contribution in [2.24, 2.45) is 10.1 Å². The molecule has 0 spiro atoms. The largest absolute Gasteiger partial charge is 0.245 e. The first-order valence-corrected chi connectivity index (χ1v) is 7.13. The van der Waals surface area contributed by atoms with Crippen molar-refractivity contribution < 1.29 is 0 Å². The standard InChI is InChI=1S/C15H16ClN5.ClH/c1-9-8-10(2)21(20-9)15-17-11(3)14(18-19-15)12-4-6-13(16)7-5-12;/h4-8,11H,1-3H3,(H,17,19);1H. The second-order valence-electron chi connectivity index (χ2n) is 5.08. The Balaban J connectivity index is 0.00000176. The maximum atomic E-state index is 5.92. The second-order valence-corrected chi connectivity index (χ2v) is 5.52. The van der Waals surface area contributed by atoms with Crippen molar-refractivity contribution in [3.63, 3.8) is 0 Å². The van der Waals surface area contributed by atoms with Gasteiger partial charge in [0.2, 0.25) is 5.96 Å². The van der Waals surface area contributed by atoms with Gasteiger partial charge in [-0.25, -0.2) is 15.1 Å². The molecule has 0 radical (unpaired) electrons. The number of nitrogens with zero attached hydrogens (tertiary/aromatic N) is 4. The number of aliphatic imine (C=N–C) groups is 1. The summed E-state index contributed by atoms with van der Waals surface area (Å²) in [5, 5.41) is 9.58. The SMILES string of the molecule is Cc1cc(C)n(C2=NC(C)C(c3ccc(Cl)cc3)=NN2)n1.Cl. The average molecular weight is 338 g/mol. The highest BCUT2D eigenvalue weighted by molar-refractivity contribution is 6.30. The predicted octanol–water partition coefficient (Wildman–Crippen LogP) is 3.18. The molecule has 1 aliphatic heterocycles. The van der Waals surface area contributed by atoms with Crippen LogP contribution in [0.2, 0.25) is 5.02 Å². The molecule has 1 N–H and O–H groups in total. The summed E-state index contributed by atoms with van der Waals surface area (Å²) in [4.78, 5) is 4.65. The first-order valence-electron chi connectivity index (χ1n) is 6.75. The minimum atomic E-state index is -0.0497. The molecule has 0 saturated heterocycles. The van der Waals surface area contributed by atoms with Crippen molar-refractivity contribution in [3.8, 4) is 0 Å². The molecule has 1 aromatic heterocycles. The fraction of sp³-hybridized carbons (Fsp3) is 0.267. The van der Waals surface area contributed by atoms with Crippen LogP contribution >= 0.6 is 24.0 Å². The highest BCUT2D eigenvalue weighted by Crippen LogP contribution is 2.15. The Morgan fingerprint density at radius 1 is 1.18 bits per heavy atom. The van der Waals surface area contributed by atoms with E-state index >= 15 is 0 Å². The molecule has 1 atom stereocenters. The van der Waals surface area contributed by atoms with Gasteiger partial charge in [0.1, 0.15) is 0 Å². The van der Waals surface area contributed by atoms with Crippen molar-refractivity contribution in [1.82, 2.24) is 15.2 Å². The predicted molar refractivity (Wildman–Crippen MR) is 92.4 cm³/mol. The number of aromatic nitrogens is 2. The summed E-state index contributed by atoms with van der Waals surface area (Å²) in [7, 11) is 0. The molecule has 2 aromatic rings. The summed E-state index contributed by atoms with van der Waals surface area (Å²) in [6, 6.07) is 9.56. The van der Waals surface area contributed by atoms with E-state index in [1.54, 1.807) is 4.68 Å². The molecule has 5 nitrogen and oxygen atoms in total. The van der Waals surface area contributed by atoms with Gasteiger partial charge in [0.15, 0.2) is 0 Å². The molecule has 1 aliphatic rings. The smallest absolute Gasteiger partial charge is 0.240 e. The van der Waals surface area contributed by atoms with Crippen LogP contribution in [0.4, 0.5) is 0 Å². The highest BCUT2D eigenvalue weighted by atomic mass is 35.5. The van der Waals surface area contributed by atoms with Crippen LogP contribution in [0.25, 0.3) is 0 Å². The van der Waals surface area contributed by atoms with Gasteiger partial charge in [0.25, 0.3) is 0 Å². The zero-order chi connectivity index (χ0) is 15.0. The highest BCUT2D eigenvalue weighted by Gasteiger charge is 2.20. The quantitative estimate of drug-likeness (QED) is 0.868. The van der Waals surface area contributed by atoms with Crippen LogP contribution in [0, 0.1) is 13.8 Å². The Kier molecular flexibility index (Phi) is 4.88. The van der Waals surface area contributed by atoms with Crippen molar-refractivity contribution in [1.29, 1.82) is 0 Å². The first kappa shape index (κ1) is 16.5. The van der Waals surface area contributed by atoms with Gasteiger partial charge < -0.3 is 0 Å². The molecule has 3 rings (SSSR count). The van der Waals surface area contributed by atoms with Gasteiger partial charge in [-0.2, -0.15) is 10.2 Å². The molecular weight excluding hydrogens is 321 g/mol. The number of hydrazone groups is 1. The Bertz CT molecular complexity index is 731. The van der Waals surface area contributed by atoms with Crippen LogP contribution in [0.5, 0.6) is 0 Å².